The second-order valence-corrected chi connectivity index (χ2v) is 7.94. The van der Waals surface area contributed by atoms with Crippen molar-refractivity contribution in [1.29, 1.82) is 0 Å². The van der Waals surface area contributed by atoms with Crippen LogP contribution in [-0.4, -0.2) is 15.0 Å². The van der Waals surface area contributed by atoms with Crippen molar-refractivity contribution in [2.45, 2.75) is 12.6 Å². The predicted molar refractivity (Wildman–Crippen MR) is 109 cm³/mol. The van der Waals surface area contributed by atoms with Crippen LogP contribution < -0.4 is 5.32 Å². The minimum Gasteiger partial charge on any atom is -0.338 e. The third-order valence-corrected chi connectivity index (χ3v) is 5.78. The third-order valence-electron chi connectivity index (χ3n) is 4.10. The van der Waals surface area contributed by atoms with Crippen molar-refractivity contribution in [2.75, 3.05) is 5.32 Å². The smallest absolute Gasteiger partial charge is 0.338 e. The Hall–Kier alpha value is -2.42. The van der Waals surface area contributed by atoms with Gasteiger partial charge in [0.25, 0.3) is 0 Å². The van der Waals surface area contributed by atoms with E-state index >= 15 is 0 Å². The highest BCUT2D eigenvalue weighted by Gasteiger charge is 2.30. The highest BCUT2D eigenvalue weighted by molar-refractivity contribution is 7.18. The molecule has 4 rings (SSSR count). The lowest BCUT2D eigenvalue weighted by atomic mass is 10.1. The van der Waals surface area contributed by atoms with Crippen molar-refractivity contribution in [1.82, 2.24) is 15.0 Å². The molecule has 0 spiro atoms. The van der Waals surface area contributed by atoms with Crippen LogP contribution in [0.3, 0.4) is 0 Å². The Bertz CT molecular complexity index is 1160. The summed E-state index contributed by atoms with van der Waals surface area (Å²) in [6.07, 6.45) is -2.58. The molecule has 0 radical (unpaired) electrons. The Labute approximate surface area is 177 Å². The van der Waals surface area contributed by atoms with Crippen LogP contribution in [0.5, 0.6) is 0 Å². The molecular formula is C19H11Cl2F3N4S. The number of nitrogens with zero attached hydrogens (tertiary/aromatic N) is 3. The van der Waals surface area contributed by atoms with E-state index in [4.69, 9.17) is 23.2 Å². The van der Waals surface area contributed by atoms with E-state index in [0.717, 1.165) is 22.7 Å². The molecule has 0 bridgehead atoms. The molecule has 0 amide bonds. The van der Waals surface area contributed by atoms with Gasteiger partial charge in [0.15, 0.2) is 5.82 Å². The fraction of sp³-hybridized carbons (Fsp3) is 0.105. The van der Waals surface area contributed by atoms with Gasteiger partial charge in [-0.3, -0.25) is 0 Å². The first kappa shape index (κ1) is 19.9. The van der Waals surface area contributed by atoms with Crippen LogP contribution in [0.1, 0.15) is 16.1 Å². The number of hydrogen-bond acceptors (Lipinski definition) is 5. The molecule has 0 aliphatic rings. The van der Waals surface area contributed by atoms with Crippen molar-refractivity contribution < 1.29 is 13.2 Å². The summed E-state index contributed by atoms with van der Waals surface area (Å²) in [4.78, 5) is 13.6. The number of fused-ring (bicyclic) bond motifs is 1. The van der Waals surface area contributed by atoms with Crippen molar-refractivity contribution in [3.63, 3.8) is 0 Å². The maximum atomic E-state index is 12.7. The fourth-order valence-corrected chi connectivity index (χ4v) is 4.14. The van der Waals surface area contributed by atoms with Crippen molar-refractivity contribution in [2.24, 2.45) is 0 Å². The minimum absolute atomic E-state index is 0.405. The first-order valence-electron chi connectivity index (χ1n) is 8.29. The molecule has 1 N–H and O–H groups in total. The highest BCUT2D eigenvalue weighted by atomic mass is 35.5. The molecule has 0 aliphatic heterocycles. The van der Waals surface area contributed by atoms with Gasteiger partial charge in [-0.05, 0) is 42.0 Å². The molecule has 4 nitrogen and oxygen atoms in total. The number of nitrogens with one attached hydrogen (secondary N) is 1. The molecule has 2 aromatic carbocycles. The summed E-state index contributed by atoms with van der Waals surface area (Å²) >= 11 is 13.8. The maximum absolute atomic E-state index is 12.7. The molecule has 0 aliphatic carbocycles. The van der Waals surface area contributed by atoms with E-state index in [-0.39, 0.29) is 0 Å². The van der Waals surface area contributed by atoms with Crippen molar-refractivity contribution >= 4 is 56.4 Å². The Morgan fingerprint density at radius 3 is 2.31 bits per heavy atom. The summed E-state index contributed by atoms with van der Waals surface area (Å²) in [6, 6.07) is 9.98. The first-order chi connectivity index (χ1) is 13.8. The molecule has 0 unspecified atom stereocenters. The average molecular weight is 455 g/mol. The normalized spacial score (nSPS) is 11.8. The molecule has 29 heavy (non-hydrogen) atoms. The van der Waals surface area contributed by atoms with Gasteiger partial charge in [-0.15, -0.1) is 0 Å². The molecule has 10 heteroatoms. The molecule has 2 aromatic heterocycles. The highest BCUT2D eigenvalue weighted by Crippen LogP contribution is 2.33. The van der Waals surface area contributed by atoms with Gasteiger partial charge in [0, 0.05) is 22.2 Å². The Kier molecular flexibility index (Phi) is 5.33. The first-order valence-corrected chi connectivity index (χ1v) is 9.86. The van der Waals surface area contributed by atoms with Crippen LogP contribution in [0.25, 0.3) is 10.3 Å². The van der Waals surface area contributed by atoms with E-state index in [2.05, 4.69) is 20.3 Å². The van der Waals surface area contributed by atoms with Crippen molar-refractivity contribution in [3.05, 3.63) is 75.0 Å². The number of rotatable bonds is 4. The molecular weight excluding hydrogens is 444 g/mol. The number of aromatic nitrogens is 3. The Morgan fingerprint density at radius 2 is 1.66 bits per heavy atom. The van der Waals surface area contributed by atoms with Gasteiger partial charge in [0.05, 0.1) is 5.56 Å². The molecule has 2 heterocycles. The van der Waals surface area contributed by atoms with Crippen LogP contribution in [0.2, 0.25) is 10.0 Å². The molecule has 0 atom stereocenters. The lowest BCUT2D eigenvalue weighted by Crippen LogP contribution is -2.04. The van der Waals surface area contributed by atoms with E-state index in [9.17, 15) is 13.2 Å². The third kappa shape index (κ3) is 4.29. The number of hydrogen-bond donors (Lipinski definition) is 1. The quantitative estimate of drug-likeness (QED) is 0.370. The predicted octanol–water partition coefficient (Wildman–Crippen LogP) is 6.75. The second kappa shape index (κ2) is 7.78. The number of halogens is 5. The molecule has 0 saturated heterocycles. The van der Waals surface area contributed by atoms with Gasteiger partial charge in [-0.2, -0.15) is 13.2 Å². The Balaban J connectivity index is 1.63. The number of anilines is 2. The summed E-state index contributed by atoms with van der Waals surface area (Å²) in [6.45, 7) is 0. The standard InChI is InChI=1S/C19H11Cl2F3N4S/c20-13-2-1-3-14(21)12(13)8-15-28-16-17(25-9-26-18(16)29-15)27-11-6-4-10(5-7-11)19(22,23)24/h1-7,9H,8H2,(H,25,26,27). The summed E-state index contributed by atoms with van der Waals surface area (Å²) in [5.41, 5.74) is 1.03. The van der Waals surface area contributed by atoms with Gasteiger partial charge >= 0.3 is 6.18 Å². The SMILES string of the molecule is FC(F)(F)c1ccc(Nc2ncnc3sc(Cc4c(Cl)cccc4Cl)nc23)cc1. The zero-order valence-electron chi connectivity index (χ0n) is 14.5. The molecule has 148 valence electrons. The average Bonchev–Trinajstić information content (AvgIpc) is 3.08. The van der Waals surface area contributed by atoms with Gasteiger partial charge in [0.1, 0.15) is 21.7 Å². The van der Waals surface area contributed by atoms with E-state index in [1.165, 1.54) is 29.8 Å². The Morgan fingerprint density at radius 1 is 0.966 bits per heavy atom. The van der Waals surface area contributed by atoms with Crippen LogP contribution in [0.15, 0.2) is 48.8 Å². The summed E-state index contributed by atoms with van der Waals surface area (Å²) in [5.74, 6) is 0.405. The van der Waals surface area contributed by atoms with Crippen molar-refractivity contribution in [3.8, 4) is 0 Å². The topological polar surface area (TPSA) is 50.7 Å². The lowest BCUT2D eigenvalue weighted by Gasteiger charge is -2.09. The van der Waals surface area contributed by atoms with E-state index < -0.39 is 11.7 Å². The summed E-state index contributed by atoms with van der Waals surface area (Å²) in [5, 5.41) is 4.84. The summed E-state index contributed by atoms with van der Waals surface area (Å²) in [7, 11) is 0. The van der Waals surface area contributed by atoms with E-state index in [1.807, 2.05) is 0 Å². The second-order valence-electron chi connectivity index (χ2n) is 6.06. The van der Waals surface area contributed by atoms with Crippen LogP contribution in [0, 0.1) is 0 Å². The monoisotopic (exact) mass is 454 g/mol. The van der Waals surface area contributed by atoms with Gasteiger partial charge in [0.2, 0.25) is 0 Å². The van der Waals surface area contributed by atoms with E-state index in [1.54, 1.807) is 18.2 Å². The summed E-state index contributed by atoms with van der Waals surface area (Å²) < 4.78 is 38.2. The largest absolute Gasteiger partial charge is 0.416 e. The maximum Gasteiger partial charge on any atom is 0.416 e. The van der Waals surface area contributed by atoms with Crippen LogP contribution in [-0.2, 0) is 12.6 Å². The number of benzene rings is 2. The van der Waals surface area contributed by atoms with Crippen LogP contribution in [0.4, 0.5) is 24.7 Å². The van der Waals surface area contributed by atoms with E-state index in [0.29, 0.717) is 38.3 Å². The van der Waals surface area contributed by atoms with Gasteiger partial charge < -0.3 is 5.32 Å². The zero-order valence-corrected chi connectivity index (χ0v) is 16.8. The zero-order chi connectivity index (χ0) is 20.6. The van der Waals surface area contributed by atoms with Crippen LogP contribution >= 0.6 is 34.5 Å². The number of thiazole rings is 1. The number of alkyl halides is 3. The minimum atomic E-state index is -4.38. The van der Waals surface area contributed by atoms with Gasteiger partial charge in [-0.25, -0.2) is 15.0 Å². The molecule has 0 saturated carbocycles. The lowest BCUT2D eigenvalue weighted by molar-refractivity contribution is -0.137. The molecule has 4 aromatic rings. The van der Waals surface area contributed by atoms with Gasteiger partial charge in [-0.1, -0.05) is 40.6 Å². The fourth-order valence-electron chi connectivity index (χ4n) is 2.70. The molecule has 0 fully saturated rings.